The number of piperidine rings is 1. The van der Waals surface area contributed by atoms with Gasteiger partial charge in [0.05, 0.1) is 15.9 Å². The highest BCUT2D eigenvalue weighted by Gasteiger charge is 2.25. The lowest BCUT2D eigenvalue weighted by atomic mass is 9.98. The molecule has 0 saturated carbocycles. The first-order valence-corrected chi connectivity index (χ1v) is 7.52. The minimum atomic E-state index is -0.831. The van der Waals surface area contributed by atoms with E-state index in [-0.39, 0.29) is 6.04 Å². The van der Waals surface area contributed by atoms with Gasteiger partial charge in [-0.15, -0.1) is 0 Å². The van der Waals surface area contributed by atoms with Crippen molar-refractivity contribution in [2.24, 2.45) is 0 Å². The molecule has 102 valence electrons. The van der Waals surface area contributed by atoms with Crippen LogP contribution >= 0.6 is 15.9 Å². The summed E-state index contributed by atoms with van der Waals surface area (Å²) in [7, 11) is 0. The Balaban J connectivity index is 2.08. The number of aromatic nitrogens is 2. The molecule has 0 spiro atoms. The minimum absolute atomic E-state index is 0.00571. The Labute approximate surface area is 116 Å². The van der Waals surface area contributed by atoms with Crippen molar-refractivity contribution in [3.8, 4) is 0 Å². The number of hydrogen-bond acceptors (Lipinski definition) is 2. The molecule has 1 fully saturated rings. The van der Waals surface area contributed by atoms with Crippen LogP contribution in [0.4, 0.5) is 4.39 Å². The van der Waals surface area contributed by atoms with Crippen molar-refractivity contribution < 1.29 is 4.39 Å². The van der Waals surface area contributed by atoms with Gasteiger partial charge >= 0.3 is 0 Å². The van der Waals surface area contributed by atoms with Gasteiger partial charge in [-0.25, -0.2) is 4.39 Å². The third-order valence-electron chi connectivity index (χ3n) is 3.63. The van der Waals surface area contributed by atoms with E-state index in [4.69, 9.17) is 0 Å². The van der Waals surface area contributed by atoms with Crippen molar-refractivity contribution in [3.63, 3.8) is 0 Å². The number of hydrogen-bond donors (Lipinski definition) is 1. The SMILES string of the molecule is CCn1nc(C)c(Br)c1CC(F)C1CCCCN1. The summed E-state index contributed by atoms with van der Waals surface area (Å²) in [5.41, 5.74) is 1.92. The van der Waals surface area contributed by atoms with Crippen molar-refractivity contribution in [1.29, 1.82) is 0 Å². The normalized spacial score (nSPS) is 22.1. The van der Waals surface area contributed by atoms with Crippen molar-refractivity contribution >= 4 is 15.9 Å². The van der Waals surface area contributed by atoms with Gasteiger partial charge in [0.2, 0.25) is 0 Å². The smallest absolute Gasteiger partial charge is 0.121 e. The Morgan fingerprint density at radius 2 is 2.33 bits per heavy atom. The fourth-order valence-corrected chi connectivity index (χ4v) is 3.02. The molecule has 0 aromatic carbocycles. The number of rotatable bonds is 4. The summed E-state index contributed by atoms with van der Waals surface area (Å²) in [6, 6.07) is 0.00571. The van der Waals surface area contributed by atoms with E-state index >= 15 is 0 Å². The van der Waals surface area contributed by atoms with Crippen LogP contribution < -0.4 is 5.32 Å². The fourth-order valence-electron chi connectivity index (χ4n) is 2.58. The van der Waals surface area contributed by atoms with Gasteiger partial charge in [0.1, 0.15) is 6.17 Å². The van der Waals surface area contributed by atoms with Gasteiger partial charge in [0.15, 0.2) is 0 Å². The molecular formula is C13H21BrFN3. The van der Waals surface area contributed by atoms with Gasteiger partial charge in [-0.3, -0.25) is 4.68 Å². The lowest BCUT2D eigenvalue weighted by Crippen LogP contribution is -2.42. The average Bonchev–Trinajstić information content (AvgIpc) is 2.67. The summed E-state index contributed by atoms with van der Waals surface area (Å²) in [5, 5.41) is 7.69. The van der Waals surface area contributed by atoms with Crippen LogP contribution in [0.3, 0.4) is 0 Å². The highest BCUT2D eigenvalue weighted by Crippen LogP contribution is 2.25. The molecule has 1 saturated heterocycles. The van der Waals surface area contributed by atoms with Crippen LogP contribution in [0.15, 0.2) is 4.47 Å². The molecule has 2 atom stereocenters. The maximum Gasteiger partial charge on any atom is 0.121 e. The zero-order valence-corrected chi connectivity index (χ0v) is 12.6. The predicted molar refractivity (Wildman–Crippen MR) is 74.6 cm³/mol. The third kappa shape index (κ3) is 2.94. The Bertz CT molecular complexity index is 399. The third-order valence-corrected chi connectivity index (χ3v) is 4.66. The first-order valence-electron chi connectivity index (χ1n) is 6.72. The van der Waals surface area contributed by atoms with Crippen molar-refractivity contribution in [2.75, 3.05) is 6.54 Å². The zero-order chi connectivity index (χ0) is 13.1. The van der Waals surface area contributed by atoms with E-state index in [1.165, 1.54) is 6.42 Å². The van der Waals surface area contributed by atoms with E-state index in [9.17, 15) is 4.39 Å². The molecule has 2 heterocycles. The summed E-state index contributed by atoms with van der Waals surface area (Å²) in [5.74, 6) is 0. The molecular weight excluding hydrogens is 297 g/mol. The molecule has 1 aromatic heterocycles. The number of halogens is 2. The van der Waals surface area contributed by atoms with E-state index in [0.717, 1.165) is 41.8 Å². The van der Waals surface area contributed by atoms with Gasteiger partial charge in [-0.2, -0.15) is 5.10 Å². The summed E-state index contributed by atoms with van der Waals surface area (Å²) in [6.45, 7) is 5.71. The Kier molecular flexibility index (Phi) is 4.78. The van der Waals surface area contributed by atoms with Crippen LogP contribution in [0.1, 0.15) is 37.6 Å². The lowest BCUT2D eigenvalue weighted by Gasteiger charge is -2.26. The van der Waals surface area contributed by atoms with E-state index in [0.29, 0.717) is 6.42 Å². The molecule has 1 aromatic rings. The first-order chi connectivity index (χ1) is 8.63. The predicted octanol–water partition coefficient (Wildman–Crippen LogP) is 3.00. The largest absolute Gasteiger partial charge is 0.311 e. The second kappa shape index (κ2) is 6.15. The molecule has 2 unspecified atom stereocenters. The van der Waals surface area contributed by atoms with Crippen LogP contribution in [0.2, 0.25) is 0 Å². The second-order valence-electron chi connectivity index (χ2n) is 4.94. The van der Waals surface area contributed by atoms with Crippen LogP contribution in [0.25, 0.3) is 0 Å². The number of nitrogens with one attached hydrogen (secondary N) is 1. The molecule has 0 bridgehead atoms. The van der Waals surface area contributed by atoms with E-state index in [1.807, 2.05) is 18.5 Å². The maximum atomic E-state index is 14.4. The molecule has 0 amide bonds. The Morgan fingerprint density at radius 1 is 1.56 bits per heavy atom. The zero-order valence-electron chi connectivity index (χ0n) is 11.0. The van der Waals surface area contributed by atoms with Gasteiger partial charge in [0, 0.05) is 19.0 Å². The first kappa shape index (κ1) is 14.0. The van der Waals surface area contributed by atoms with Gasteiger partial charge in [0.25, 0.3) is 0 Å². The summed E-state index contributed by atoms with van der Waals surface area (Å²) in [6.07, 6.45) is 2.85. The van der Waals surface area contributed by atoms with Crippen molar-refractivity contribution in [2.45, 2.75) is 58.3 Å². The van der Waals surface area contributed by atoms with Crippen LogP contribution in [0.5, 0.6) is 0 Å². The van der Waals surface area contributed by atoms with Crippen LogP contribution in [-0.4, -0.2) is 28.5 Å². The monoisotopic (exact) mass is 317 g/mol. The molecule has 1 aliphatic heterocycles. The topological polar surface area (TPSA) is 29.9 Å². The molecule has 2 rings (SSSR count). The Morgan fingerprint density at radius 3 is 2.94 bits per heavy atom. The molecule has 0 aliphatic carbocycles. The minimum Gasteiger partial charge on any atom is -0.311 e. The average molecular weight is 318 g/mol. The number of alkyl halides is 1. The molecule has 0 radical (unpaired) electrons. The standard InChI is InChI=1S/C13H21BrFN3/c1-3-18-12(13(14)9(2)17-18)8-10(15)11-6-4-5-7-16-11/h10-11,16H,3-8H2,1-2H3. The number of aryl methyl sites for hydroxylation is 2. The molecule has 5 heteroatoms. The summed E-state index contributed by atoms with van der Waals surface area (Å²) in [4.78, 5) is 0. The van der Waals surface area contributed by atoms with Crippen molar-refractivity contribution in [3.05, 3.63) is 15.9 Å². The van der Waals surface area contributed by atoms with Gasteiger partial charge < -0.3 is 5.32 Å². The second-order valence-corrected chi connectivity index (χ2v) is 5.73. The molecule has 1 aliphatic rings. The maximum absolute atomic E-state index is 14.4. The molecule has 3 nitrogen and oxygen atoms in total. The van der Waals surface area contributed by atoms with Gasteiger partial charge in [-0.05, 0) is 49.2 Å². The van der Waals surface area contributed by atoms with E-state index in [1.54, 1.807) is 0 Å². The van der Waals surface area contributed by atoms with Gasteiger partial charge in [-0.1, -0.05) is 6.42 Å². The summed E-state index contributed by atoms with van der Waals surface area (Å²) < 4.78 is 17.2. The highest BCUT2D eigenvalue weighted by atomic mass is 79.9. The molecule has 18 heavy (non-hydrogen) atoms. The van der Waals surface area contributed by atoms with E-state index < -0.39 is 6.17 Å². The Hall–Kier alpha value is -0.420. The number of nitrogens with zero attached hydrogens (tertiary/aromatic N) is 2. The quantitative estimate of drug-likeness (QED) is 0.925. The van der Waals surface area contributed by atoms with Crippen molar-refractivity contribution in [1.82, 2.24) is 15.1 Å². The van der Waals surface area contributed by atoms with Crippen LogP contribution in [-0.2, 0) is 13.0 Å². The van der Waals surface area contributed by atoms with E-state index in [2.05, 4.69) is 26.3 Å². The lowest BCUT2D eigenvalue weighted by molar-refractivity contribution is 0.213. The highest BCUT2D eigenvalue weighted by molar-refractivity contribution is 9.10. The van der Waals surface area contributed by atoms with Crippen LogP contribution in [0, 0.1) is 6.92 Å². The fraction of sp³-hybridized carbons (Fsp3) is 0.769. The molecule has 1 N–H and O–H groups in total. The summed E-state index contributed by atoms with van der Waals surface area (Å²) >= 11 is 3.52.